The molecule has 0 saturated carbocycles. The van der Waals surface area contributed by atoms with Crippen LogP contribution in [0.25, 0.3) is 0 Å². The summed E-state index contributed by atoms with van der Waals surface area (Å²) in [6.07, 6.45) is 4.94. The lowest BCUT2D eigenvalue weighted by atomic mass is 10.0. The summed E-state index contributed by atoms with van der Waals surface area (Å²) in [5, 5.41) is 3.59. The predicted octanol–water partition coefficient (Wildman–Crippen LogP) is 4.10. The maximum absolute atomic E-state index is 12.0. The number of nitrogens with zero attached hydrogens (tertiary/aromatic N) is 1. The Kier molecular flexibility index (Phi) is 6.52. The molecule has 5 heteroatoms. The second-order valence-corrected chi connectivity index (χ2v) is 6.88. The Balaban J connectivity index is 1.72. The Morgan fingerprint density at radius 2 is 2.29 bits per heavy atom. The number of benzene rings is 1. The Morgan fingerprint density at radius 1 is 1.48 bits per heavy atom. The number of amides is 1. The number of piperidine rings is 1. The Labute approximate surface area is 140 Å². The molecular weight excluding hydrogens is 352 g/mol. The first-order valence-corrected chi connectivity index (χ1v) is 8.72. The van der Waals surface area contributed by atoms with Gasteiger partial charge in [0.1, 0.15) is 0 Å². The summed E-state index contributed by atoms with van der Waals surface area (Å²) in [5.74, 6) is -0.0425. The molecule has 0 radical (unpaired) electrons. The van der Waals surface area contributed by atoms with Gasteiger partial charge in [0.05, 0.1) is 5.02 Å². The van der Waals surface area contributed by atoms with Gasteiger partial charge in [0.25, 0.3) is 5.91 Å². The predicted molar refractivity (Wildman–Crippen MR) is 91.0 cm³/mol. The maximum atomic E-state index is 12.0. The third-order valence-electron chi connectivity index (χ3n) is 4.03. The molecule has 1 saturated heterocycles. The number of hydrogen-bond donors (Lipinski definition) is 1. The molecular formula is C16H22BrClN2O. The van der Waals surface area contributed by atoms with Crippen LogP contribution in [0.3, 0.4) is 0 Å². The summed E-state index contributed by atoms with van der Waals surface area (Å²) in [4.78, 5) is 14.6. The average molecular weight is 374 g/mol. The molecule has 2 rings (SSSR count). The van der Waals surface area contributed by atoms with E-state index in [0.29, 0.717) is 23.2 Å². The first-order chi connectivity index (χ1) is 10.1. The van der Waals surface area contributed by atoms with Crippen molar-refractivity contribution in [1.82, 2.24) is 10.2 Å². The van der Waals surface area contributed by atoms with Gasteiger partial charge in [-0.15, -0.1) is 0 Å². The second kappa shape index (κ2) is 8.16. The van der Waals surface area contributed by atoms with Crippen LogP contribution in [-0.2, 0) is 0 Å². The standard InChI is InChI=1S/C16H22BrClN2O/c1-12-5-2-3-9-20(12)10-4-8-19-16(21)13-6-7-15(18)14(17)11-13/h6-7,11-12H,2-5,8-10H2,1H3,(H,19,21). The summed E-state index contributed by atoms with van der Waals surface area (Å²) in [6, 6.07) is 5.91. The minimum absolute atomic E-state index is 0.0425. The third kappa shape index (κ3) is 4.97. The van der Waals surface area contributed by atoms with E-state index in [0.717, 1.165) is 17.4 Å². The molecule has 3 nitrogen and oxygen atoms in total. The molecule has 0 aliphatic carbocycles. The van der Waals surface area contributed by atoms with Crippen molar-refractivity contribution in [3.05, 3.63) is 33.3 Å². The summed E-state index contributed by atoms with van der Waals surface area (Å²) < 4.78 is 0.749. The lowest BCUT2D eigenvalue weighted by Gasteiger charge is -2.33. The van der Waals surface area contributed by atoms with Gasteiger partial charge in [-0.25, -0.2) is 0 Å². The lowest BCUT2D eigenvalue weighted by Crippen LogP contribution is -2.39. The van der Waals surface area contributed by atoms with Crippen LogP contribution in [0.4, 0.5) is 0 Å². The molecule has 0 spiro atoms. The van der Waals surface area contributed by atoms with Gasteiger partial charge >= 0.3 is 0 Å². The highest BCUT2D eigenvalue weighted by molar-refractivity contribution is 9.10. The molecule has 1 aliphatic rings. The fraction of sp³-hybridized carbons (Fsp3) is 0.562. The first kappa shape index (κ1) is 16.8. The SMILES string of the molecule is CC1CCCCN1CCCNC(=O)c1ccc(Cl)c(Br)c1. The molecule has 1 amide bonds. The smallest absolute Gasteiger partial charge is 0.251 e. The molecule has 1 unspecified atom stereocenters. The number of carbonyl (C=O) groups is 1. The number of carbonyl (C=O) groups excluding carboxylic acids is 1. The van der Waals surface area contributed by atoms with Crippen molar-refractivity contribution in [1.29, 1.82) is 0 Å². The van der Waals surface area contributed by atoms with Gasteiger partial charge in [0.2, 0.25) is 0 Å². The van der Waals surface area contributed by atoms with Gasteiger partial charge in [-0.2, -0.15) is 0 Å². The highest BCUT2D eigenvalue weighted by Gasteiger charge is 2.17. The molecule has 0 aromatic heterocycles. The zero-order valence-corrected chi connectivity index (χ0v) is 14.7. The Bertz CT molecular complexity index is 495. The average Bonchev–Trinajstić information content (AvgIpc) is 2.48. The molecule has 1 atom stereocenters. The van der Waals surface area contributed by atoms with Crippen molar-refractivity contribution in [2.75, 3.05) is 19.6 Å². The first-order valence-electron chi connectivity index (χ1n) is 7.55. The number of nitrogens with one attached hydrogen (secondary N) is 1. The van der Waals surface area contributed by atoms with Crippen LogP contribution in [0.2, 0.25) is 5.02 Å². The summed E-state index contributed by atoms with van der Waals surface area (Å²) >= 11 is 9.26. The Hall–Kier alpha value is -0.580. The highest BCUT2D eigenvalue weighted by atomic mass is 79.9. The van der Waals surface area contributed by atoms with Gasteiger partial charge in [-0.3, -0.25) is 4.79 Å². The van der Waals surface area contributed by atoms with Crippen LogP contribution >= 0.6 is 27.5 Å². The van der Waals surface area contributed by atoms with Gasteiger partial charge < -0.3 is 10.2 Å². The zero-order chi connectivity index (χ0) is 15.2. The van der Waals surface area contributed by atoms with Crippen molar-refractivity contribution < 1.29 is 4.79 Å². The zero-order valence-electron chi connectivity index (χ0n) is 12.4. The van der Waals surface area contributed by atoms with Crippen molar-refractivity contribution >= 4 is 33.4 Å². The largest absolute Gasteiger partial charge is 0.352 e. The van der Waals surface area contributed by atoms with E-state index in [4.69, 9.17) is 11.6 Å². The lowest BCUT2D eigenvalue weighted by molar-refractivity contribution is 0.0949. The summed E-state index contributed by atoms with van der Waals surface area (Å²) in [5.41, 5.74) is 0.637. The molecule has 1 heterocycles. The topological polar surface area (TPSA) is 32.3 Å². The third-order valence-corrected chi connectivity index (χ3v) is 5.24. The van der Waals surface area contributed by atoms with E-state index in [9.17, 15) is 4.79 Å². The number of likely N-dealkylation sites (tertiary alicyclic amines) is 1. The quantitative estimate of drug-likeness (QED) is 0.788. The van der Waals surface area contributed by atoms with E-state index in [-0.39, 0.29) is 5.91 Å². The molecule has 1 fully saturated rings. The fourth-order valence-electron chi connectivity index (χ4n) is 2.71. The molecule has 21 heavy (non-hydrogen) atoms. The van der Waals surface area contributed by atoms with E-state index in [1.54, 1.807) is 18.2 Å². The van der Waals surface area contributed by atoms with Crippen molar-refractivity contribution in [2.24, 2.45) is 0 Å². The van der Waals surface area contributed by atoms with Gasteiger partial charge in [0, 0.05) is 29.2 Å². The minimum atomic E-state index is -0.0425. The normalized spacial score (nSPS) is 19.5. The van der Waals surface area contributed by atoms with E-state index in [2.05, 4.69) is 33.1 Å². The van der Waals surface area contributed by atoms with Crippen molar-refractivity contribution in [3.63, 3.8) is 0 Å². The maximum Gasteiger partial charge on any atom is 0.251 e. The fourth-order valence-corrected chi connectivity index (χ4v) is 3.21. The summed E-state index contributed by atoms with van der Waals surface area (Å²) in [6.45, 7) is 5.26. The molecule has 0 bridgehead atoms. The van der Waals surface area contributed by atoms with Crippen LogP contribution in [0.15, 0.2) is 22.7 Å². The van der Waals surface area contributed by atoms with Crippen molar-refractivity contribution in [2.45, 2.75) is 38.6 Å². The summed E-state index contributed by atoms with van der Waals surface area (Å²) in [7, 11) is 0. The Morgan fingerprint density at radius 3 is 3.00 bits per heavy atom. The van der Waals surface area contributed by atoms with Gasteiger partial charge in [-0.05, 0) is 66.9 Å². The molecule has 1 N–H and O–H groups in total. The highest BCUT2D eigenvalue weighted by Crippen LogP contribution is 2.23. The van der Waals surface area contributed by atoms with Gasteiger partial charge in [0.15, 0.2) is 0 Å². The van der Waals surface area contributed by atoms with E-state index in [1.807, 2.05) is 0 Å². The van der Waals surface area contributed by atoms with E-state index < -0.39 is 0 Å². The molecule has 1 aromatic carbocycles. The van der Waals surface area contributed by atoms with E-state index >= 15 is 0 Å². The number of rotatable bonds is 5. The van der Waals surface area contributed by atoms with Crippen LogP contribution in [0, 0.1) is 0 Å². The van der Waals surface area contributed by atoms with Crippen LogP contribution in [0.1, 0.15) is 43.0 Å². The molecule has 116 valence electrons. The van der Waals surface area contributed by atoms with Crippen LogP contribution in [-0.4, -0.2) is 36.5 Å². The monoisotopic (exact) mass is 372 g/mol. The number of halogens is 2. The second-order valence-electron chi connectivity index (χ2n) is 5.62. The molecule has 1 aliphatic heterocycles. The van der Waals surface area contributed by atoms with Crippen LogP contribution in [0.5, 0.6) is 0 Å². The molecule has 1 aromatic rings. The van der Waals surface area contributed by atoms with Gasteiger partial charge in [-0.1, -0.05) is 18.0 Å². The number of hydrogen-bond acceptors (Lipinski definition) is 2. The van der Waals surface area contributed by atoms with E-state index in [1.165, 1.54) is 25.8 Å². The van der Waals surface area contributed by atoms with Crippen LogP contribution < -0.4 is 5.32 Å². The minimum Gasteiger partial charge on any atom is -0.352 e. The van der Waals surface area contributed by atoms with Crippen molar-refractivity contribution in [3.8, 4) is 0 Å².